The first-order chi connectivity index (χ1) is 7.79. The van der Waals surface area contributed by atoms with Gasteiger partial charge in [0.1, 0.15) is 5.75 Å². The van der Waals surface area contributed by atoms with Crippen LogP contribution in [0.2, 0.25) is 0 Å². The number of rotatable bonds is 5. The third-order valence-corrected chi connectivity index (χ3v) is 3.42. The molecule has 0 aliphatic heterocycles. The maximum absolute atomic E-state index is 10.5. The number of nitrogen functional groups attached to an aromatic ring is 2. The number of ether oxygens (including phenoxy) is 1. The molecule has 96 valence electrons. The van der Waals surface area contributed by atoms with Gasteiger partial charge in [-0.05, 0) is 28.4 Å². The molecule has 0 heterocycles. The highest BCUT2D eigenvalue weighted by Crippen LogP contribution is 2.31. The van der Waals surface area contributed by atoms with Crippen molar-refractivity contribution >= 4 is 37.4 Å². The van der Waals surface area contributed by atoms with Gasteiger partial charge >= 0.3 is 0 Å². The summed E-state index contributed by atoms with van der Waals surface area (Å²) in [6, 6.07) is 3.15. The second-order valence-electron chi connectivity index (χ2n) is 3.40. The van der Waals surface area contributed by atoms with E-state index < -0.39 is 10.1 Å². The lowest BCUT2D eigenvalue weighted by molar-refractivity contribution is 0.318. The summed E-state index contributed by atoms with van der Waals surface area (Å²) in [6.07, 6.45) is 0.175. The van der Waals surface area contributed by atoms with Gasteiger partial charge in [0.05, 0.1) is 18.0 Å². The first-order valence-corrected chi connectivity index (χ1v) is 7.12. The van der Waals surface area contributed by atoms with Gasteiger partial charge < -0.3 is 16.2 Å². The molecule has 0 saturated carbocycles. The van der Waals surface area contributed by atoms with E-state index in [1.54, 1.807) is 12.1 Å². The Morgan fingerprint density at radius 2 is 1.94 bits per heavy atom. The normalized spacial score (nSPS) is 11.4. The average Bonchev–Trinajstić information content (AvgIpc) is 2.18. The standard InChI is InChI=1S/C9H13BrN2O4S/c10-6-4-8(12)9(5-7(6)11)16-2-1-3-17(13,14)15/h4-5H,1-3,11-12H2,(H,13,14,15). The van der Waals surface area contributed by atoms with Crippen LogP contribution >= 0.6 is 15.9 Å². The maximum Gasteiger partial charge on any atom is 0.264 e. The second-order valence-corrected chi connectivity index (χ2v) is 5.83. The number of hydrogen-bond donors (Lipinski definition) is 3. The molecule has 17 heavy (non-hydrogen) atoms. The molecule has 1 rings (SSSR count). The molecule has 1 aromatic rings. The Hall–Kier alpha value is -0.990. The van der Waals surface area contributed by atoms with Crippen molar-refractivity contribution in [3.05, 3.63) is 16.6 Å². The lowest BCUT2D eigenvalue weighted by Crippen LogP contribution is -2.09. The molecule has 0 aliphatic carbocycles. The van der Waals surface area contributed by atoms with Crippen LogP contribution in [0.4, 0.5) is 11.4 Å². The molecule has 0 fully saturated rings. The molecular weight excluding hydrogens is 312 g/mol. The zero-order valence-electron chi connectivity index (χ0n) is 8.89. The van der Waals surface area contributed by atoms with E-state index in [1.165, 1.54) is 0 Å². The van der Waals surface area contributed by atoms with Gasteiger partial charge in [0.15, 0.2) is 0 Å². The van der Waals surface area contributed by atoms with E-state index in [-0.39, 0.29) is 18.8 Å². The molecule has 1 aromatic carbocycles. The minimum Gasteiger partial charge on any atom is -0.491 e. The smallest absolute Gasteiger partial charge is 0.264 e. The Labute approximate surface area is 108 Å². The lowest BCUT2D eigenvalue weighted by Gasteiger charge is -2.10. The fraction of sp³-hybridized carbons (Fsp3) is 0.333. The molecule has 6 nitrogen and oxygen atoms in total. The van der Waals surface area contributed by atoms with Crippen molar-refractivity contribution in [3.63, 3.8) is 0 Å². The minimum absolute atomic E-state index is 0.130. The van der Waals surface area contributed by atoms with Crippen LogP contribution in [0.5, 0.6) is 5.75 Å². The van der Waals surface area contributed by atoms with Gasteiger partial charge in [-0.1, -0.05) is 0 Å². The summed E-state index contributed by atoms with van der Waals surface area (Å²) in [5.41, 5.74) is 12.2. The number of anilines is 2. The summed E-state index contributed by atoms with van der Waals surface area (Å²) in [5.74, 6) is 0.0416. The second kappa shape index (κ2) is 5.56. The highest BCUT2D eigenvalue weighted by molar-refractivity contribution is 9.10. The molecule has 0 bridgehead atoms. The maximum atomic E-state index is 10.5. The van der Waals surface area contributed by atoms with Crippen LogP contribution in [0.25, 0.3) is 0 Å². The lowest BCUT2D eigenvalue weighted by atomic mass is 10.2. The zero-order chi connectivity index (χ0) is 13.1. The highest BCUT2D eigenvalue weighted by atomic mass is 79.9. The molecule has 0 saturated heterocycles. The van der Waals surface area contributed by atoms with Gasteiger partial charge in [0, 0.05) is 16.2 Å². The third-order valence-electron chi connectivity index (χ3n) is 1.93. The minimum atomic E-state index is -3.95. The summed E-state index contributed by atoms with van der Waals surface area (Å²) in [5, 5.41) is 0. The number of nitrogens with two attached hydrogens (primary N) is 2. The fourth-order valence-corrected chi connectivity index (χ4v) is 1.98. The van der Waals surface area contributed by atoms with E-state index in [1.807, 2.05) is 0 Å². The van der Waals surface area contributed by atoms with Crippen LogP contribution in [0.3, 0.4) is 0 Å². The van der Waals surface area contributed by atoms with E-state index in [9.17, 15) is 8.42 Å². The predicted octanol–water partition coefficient (Wildman–Crippen LogP) is 1.27. The van der Waals surface area contributed by atoms with Crippen molar-refractivity contribution in [2.75, 3.05) is 23.8 Å². The van der Waals surface area contributed by atoms with Crippen LogP contribution < -0.4 is 16.2 Å². The summed E-state index contributed by atoms with van der Waals surface area (Å²) in [7, 11) is -3.95. The number of benzene rings is 1. The first-order valence-electron chi connectivity index (χ1n) is 4.72. The molecular formula is C9H13BrN2O4S. The Kier molecular flexibility index (Phi) is 4.61. The van der Waals surface area contributed by atoms with Gasteiger partial charge in [-0.25, -0.2) is 0 Å². The van der Waals surface area contributed by atoms with E-state index in [0.717, 1.165) is 0 Å². The SMILES string of the molecule is Nc1cc(OCCCS(=O)(=O)O)c(N)cc1Br. The van der Waals surface area contributed by atoms with E-state index in [2.05, 4.69) is 15.9 Å². The predicted molar refractivity (Wildman–Crippen MR) is 69.5 cm³/mol. The molecule has 0 unspecified atom stereocenters. The van der Waals surface area contributed by atoms with E-state index in [4.69, 9.17) is 20.8 Å². The average molecular weight is 325 g/mol. The van der Waals surface area contributed by atoms with Crippen LogP contribution in [-0.2, 0) is 10.1 Å². The van der Waals surface area contributed by atoms with Crippen molar-refractivity contribution in [1.29, 1.82) is 0 Å². The van der Waals surface area contributed by atoms with Crippen molar-refractivity contribution < 1.29 is 17.7 Å². The number of hydrogen-bond acceptors (Lipinski definition) is 5. The van der Waals surface area contributed by atoms with Crippen molar-refractivity contribution in [3.8, 4) is 5.75 Å². The first kappa shape index (κ1) is 14.1. The van der Waals surface area contributed by atoms with Crippen LogP contribution in [0, 0.1) is 0 Å². The van der Waals surface area contributed by atoms with Crippen LogP contribution in [0.1, 0.15) is 6.42 Å². The molecule has 0 atom stereocenters. The third kappa shape index (κ3) is 4.80. The molecule has 0 spiro atoms. The van der Waals surface area contributed by atoms with Gasteiger partial charge in [-0.15, -0.1) is 0 Å². The summed E-state index contributed by atoms with van der Waals surface area (Å²) >= 11 is 3.22. The van der Waals surface area contributed by atoms with Crippen LogP contribution in [0.15, 0.2) is 16.6 Å². The van der Waals surface area contributed by atoms with Gasteiger partial charge in [-0.2, -0.15) is 8.42 Å². The summed E-state index contributed by atoms with van der Waals surface area (Å²) in [4.78, 5) is 0. The Morgan fingerprint density at radius 3 is 2.53 bits per heavy atom. The molecule has 0 aliphatic rings. The topological polar surface area (TPSA) is 116 Å². The Bertz CT molecular complexity index is 504. The highest BCUT2D eigenvalue weighted by Gasteiger charge is 2.07. The zero-order valence-corrected chi connectivity index (χ0v) is 11.3. The van der Waals surface area contributed by atoms with Crippen molar-refractivity contribution in [1.82, 2.24) is 0 Å². The van der Waals surface area contributed by atoms with Gasteiger partial charge in [-0.3, -0.25) is 4.55 Å². The van der Waals surface area contributed by atoms with Gasteiger partial charge in [0.2, 0.25) is 0 Å². The van der Waals surface area contributed by atoms with Crippen molar-refractivity contribution in [2.45, 2.75) is 6.42 Å². The summed E-state index contributed by atoms with van der Waals surface area (Å²) in [6.45, 7) is 0.130. The van der Waals surface area contributed by atoms with Gasteiger partial charge in [0.25, 0.3) is 10.1 Å². The molecule has 5 N–H and O–H groups in total. The Balaban J connectivity index is 2.55. The largest absolute Gasteiger partial charge is 0.491 e. The molecule has 0 aromatic heterocycles. The van der Waals surface area contributed by atoms with E-state index >= 15 is 0 Å². The fourth-order valence-electron chi connectivity index (χ4n) is 1.13. The molecule has 8 heteroatoms. The monoisotopic (exact) mass is 324 g/mol. The van der Waals surface area contributed by atoms with E-state index in [0.29, 0.717) is 21.6 Å². The summed E-state index contributed by atoms with van der Waals surface area (Å²) < 4.78 is 35.4. The Morgan fingerprint density at radius 1 is 1.29 bits per heavy atom. The van der Waals surface area contributed by atoms with Crippen molar-refractivity contribution in [2.24, 2.45) is 0 Å². The quantitative estimate of drug-likeness (QED) is 0.426. The van der Waals surface area contributed by atoms with Crippen LogP contribution in [-0.4, -0.2) is 25.3 Å². The molecule has 0 amide bonds. The number of halogens is 1. The molecule has 0 radical (unpaired) electrons.